The Morgan fingerprint density at radius 2 is 0.830 bits per heavy atom. The number of amides is 1. The molecular weight excluding hydrogens is 588 g/mol. The molecule has 0 aliphatic rings. The van der Waals surface area contributed by atoms with Crippen molar-refractivity contribution in [2.24, 2.45) is 11.8 Å². The van der Waals surface area contributed by atoms with Gasteiger partial charge in [-0.1, -0.05) is 156 Å². The molecule has 2 atom stereocenters. The Labute approximate surface area is 291 Å². The van der Waals surface area contributed by atoms with Gasteiger partial charge in [-0.25, -0.2) is 0 Å². The first kappa shape index (κ1) is 45.4. The molecule has 0 aromatic heterocycles. The highest BCUT2D eigenvalue weighted by atomic mass is 16.5. The highest BCUT2D eigenvalue weighted by molar-refractivity contribution is 5.76. The molecule has 7 heteroatoms. The van der Waals surface area contributed by atoms with Crippen LogP contribution in [0, 0.1) is 11.8 Å². The minimum Gasteiger partial charge on any atom is -0.464 e. The molecule has 0 heterocycles. The maximum atomic E-state index is 13.2. The second-order valence-electron chi connectivity index (χ2n) is 13.8. The predicted molar refractivity (Wildman–Crippen MR) is 198 cm³/mol. The zero-order valence-electron chi connectivity index (χ0n) is 31.9. The van der Waals surface area contributed by atoms with E-state index in [9.17, 15) is 14.4 Å². The highest BCUT2D eigenvalue weighted by Gasteiger charge is 2.22. The van der Waals surface area contributed by atoms with E-state index >= 15 is 0 Å². The number of hydrogen-bond donors (Lipinski definition) is 1. The van der Waals surface area contributed by atoms with Gasteiger partial charge in [0, 0.05) is 13.0 Å². The number of carbonyl (C=O) groups excluding carboxylic acids is 3. The monoisotopic (exact) mass is 667 g/mol. The van der Waals surface area contributed by atoms with Crippen LogP contribution in [0.5, 0.6) is 0 Å². The first-order chi connectivity index (χ1) is 22.9. The maximum Gasteiger partial charge on any atom is 0.308 e. The fourth-order valence-corrected chi connectivity index (χ4v) is 6.24. The van der Waals surface area contributed by atoms with E-state index in [-0.39, 0.29) is 42.9 Å². The molecule has 1 amide bonds. The second-order valence-corrected chi connectivity index (χ2v) is 13.8. The largest absolute Gasteiger partial charge is 0.464 e. The minimum absolute atomic E-state index is 0.0159. The van der Waals surface area contributed by atoms with E-state index in [1.165, 1.54) is 89.9 Å². The van der Waals surface area contributed by atoms with E-state index in [1.807, 2.05) is 7.05 Å². The predicted octanol–water partition coefficient (Wildman–Crippen LogP) is 10.2. The summed E-state index contributed by atoms with van der Waals surface area (Å²) in [5.41, 5.74) is 0. The molecule has 47 heavy (non-hydrogen) atoms. The molecule has 0 fully saturated rings. The lowest BCUT2D eigenvalue weighted by atomic mass is 9.94. The molecule has 0 saturated heterocycles. The number of hydrogen-bond acceptors (Lipinski definition) is 6. The third-order valence-corrected chi connectivity index (χ3v) is 9.44. The van der Waals surface area contributed by atoms with Gasteiger partial charge in [-0.2, -0.15) is 0 Å². The summed E-state index contributed by atoms with van der Waals surface area (Å²) in [5, 5.41) is 3.04. The van der Waals surface area contributed by atoms with Crippen LogP contribution in [0.15, 0.2) is 0 Å². The number of esters is 2. The topological polar surface area (TPSA) is 84.9 Å². The SMILES string of the molecule is CCCCCCCCC(CCCCCC)C(=O)OCCN(CCOC(=O)C(CCCCCC)CCCCCCCC)C(=O)CCNC. The average molecular weight is 667 g/mol. The van der Waals surface area contributed by atoms with Gasteiger partial charge in [0.05, 0.1) is 24.9 Å². The molecule has 0 aromatic carbocycles. The molecule has 278 valence electrons. The zero-order chi connectivity index (χ0) is 34.8. The molecule has 0 bridgehead atoms. The Morgan fingerprint density at radius 1 is 0.511 bits per heavy atom. The molecule has 1 N–H and O–H groups in total. The number of nitrogens with one attached hydrogen (secondary N) is 1. The van der Waals surface area contributed by atoms with Gasteiger partial charge in [0.1, 0.15) is 13.2 Å². The fraction of sp³-hybridized carbons (Fsp3) is 0.925. The summed E-state index contributed by atoms with van der Waals surface area (Å²) in [4.78, 5) is 41.0. The van der Waals surface area contributed by atoms with Gasteiger partial charge < -0.3 is 19.7 Å². The van der Waals surface area contributed by atoms with Gasteiger partial charge in [0.15, 0.2) is 0 Å². The van der Waals surface area contributed by atoms with E-state index in [4.69, 9.17) is 9.47 Å². The minimum atomic E-state index is -0.121. The Bertz CT molecular complexity index is 681. The summed E-state index contributed by atoms with van der Waals surface area (Å²) in [5.74, 6) is -0.381. The van der Waals surface area contributed by atoms with Gasteiger partial charge in [0.25, 0.3) is 0 Å². The first-order valence-corrected chi connectivity index (χ1v) is 20.2. The fourth-order valence-electron chi connectivity index (χ4n) is 6.24. The van der Waals surface area contributed by atoms with Crippen molar-refractivity contribution in [3.05, 3.63) is 0 Å². The summed E-state index contributed by atoms with van der Waals surface area (Å²) in [7, 11) is 1.83. The van der Waals surface area contributed by atoms with Crippen molar-refractivity contribution >= 4 is 17.8 Å². The quantitative estimate of drug-likeness (QED) is 0.0535. The lowest BCUT2D eigenvalue weighted by Crippen LogP contribution is -2.39. The van der Waals surface area contributed by atoms with Crippen molar-refractivity contribution in [1.82, 2.24) is 10.2 Å². The molecule has 0 aliphatic carbocycles. The van der Waals surface area contributed by atoms with Crippen molar-refractivity contribution in [2.45, 2.75) is 188 Å². The summed E-state index contributed by atoms with van der Waals surface area (Å²) < 4.78 is 11.6. The summed E-state index contributed by atoms with van der Waals surface area (Å²) >= 11 is 0. The van der Waals surface area contributed by atoms with Crippen LogP contribution in [0.2, 0.25) is 0 Å². The number of carbonyl (C=O) groups is 3. The van der Waals surface area contributed by atoms with Crippen molar-refractivity contribution in [3.63, 3.8) is 0 Å². The van der Waals surface area contributed by atoms with Gasteiger partial charge in [-0.15, -0.1) is 0 Å². The lowest BCUT2D eigenvalue weighted by molar-refractivity contribution is -0.152. The highest BCUT2D eigenvalue weighted by Crippen LogP contribution is 2.22. The number of unbranched alkanes of at least 4 members (excludes halogenated alkanes) is 16. The van der Waals surface area contributed by atoms with E-state index in [0.29, 0.717) is 26.1 Å². The Balaban J connectivity index is 5.01. The van der Waals surface area contributed by atoms with Crippen LogP contribution < -0.4 is 5.32 Å². The van der Waals surface area contributed by atoms with Crippen LogP contribution in [0.3, 0.4) is 0 Å². The number of nitrogens with zero attached hydrogens (tertiary/aromatic N) is 1. The lowest BCUT2D eigenvalue weighted by Gasteiger charge is -2.24. The van der Waals surface area contributed by atoms with Gasteiger partial charge in [0.2, 0.25) is 5.91 Å². The molecule has 0 spiro atoms. The third kappa shape index (κ3) is 26.9. The molecular formula is C40H78N2O5. The molecule has 0 aromatic rings. The number of ether oxygens (including phenoxy) is 2. The van der Waals surface area contributed by atoms with Crippen molar-refractivity contribution in [3.8, 4) is 0 Å². The van der Waals surface area contributed by atoms with Crippen LogP contribution in [0.25, 0.3) is 0 Å². The maximum absolute atomic E-state index is 13.2. The van der Waals surface area contributed by atoms with Crippen molar-refractivity contribution in [1.29, 1.82) is 0 Å². The van der Waals surface area contributed by atoms with E-state index < -0.39 is 0 Å². The van der Waals surface area contributed by atoms with E-state index in [0.717, 1.165) is 64.2 Å². The van der Waals surface area contributed by atoms with Gasteiger partial charge in [-0.05, 0) is 32.7 Å². The first-order valence-electron chi connectivity index (χ1n) is 20.2. The van der Waals surface area contributed by atoms with Gasteiger partial charge >= 0.3 is 11.9 Å². The van der Waals surface area contributed by atoms with E-state index in [1.54, 1.807) is 4.90 Å². The standard InChI is InChI=1S/C40H78N2O5/c1-6-10-14-18-20-24-28-36(26-22-16-12-8-3)39(44)46-34-32-42(38(43)30-31-41-5)33-35-47-40(45)37(27-23-17-13-9-4)29-25-21-19-15-11-7-2/h36-37,41H,6-35H2,1-5H3. The Hall–Kier alpha value is -1.63. The molecule has 7 nitrogen and oxygen atoms in total. The normalized spacial score (nSPS) is 12.5. The third-order valence-electron chi connectivity index (χ3n) is 9.44. The summed E-state index contributed by atoms with van der Waals surface area (Å²) in [6.07, 6.45) is 27.6. The van der Waals surface area contributed by atoms with Crippen LogP contribution in [-0.4, -0.2) is 62.6 Å². The van der Waals surface area contributed by atoms with Crippen molar-refractivity contribution in [2.75, 3.05) is 39.9 Å². The van der Waals surface area contributed by atoms with Crippen molar-refractivity contribution < 1.29 is 23.9 Å². The van der Waals surface area contributed by atoms with Gasteiger partial charge in [-0.3, -0.25) is 14.4 Å². The van der Waals surface area contributed by atoms with Crippen LogP contribution in [0.1, 0.15) is 188 Å². The molecule has 0 radical (unpaired) electrons. The second kappa shape index (κ2) is 34.2. The molecule has 2 unspecified atom stereocenters. The van der Waals surface area contributed by atoms with Crippen LogP contribution in [-0.2, 0) is 23.9 Å². The molecule has 0 rings (SSSR count). The number of rotatable bonds is 35. The summed E-state index contributed by atoms with van der Waals surface area (Å²) in [6.45, 7) is 10.4. The Kier molecular flexibility index (Phi) is 33.1. The Morgan fingerprint density at radius 3 is 1.17 bits per heavy atom. The summed E-state index contributed by atoms with van der Waals surface area (Å²) in [6, 6.07) is 0. The average Bonchev–Trinajstić information content (AvgIpc) is 3.07. The van der Waals surface area contributed by atoms with E-state index in [2.05, 4.69) is 33.0 Å². The van der Waals surface area contributed by atoms with Crippen LogP contribution in [0.4, 0.5) is 0 Å². The van der Waals surface area contributed by atoms with Crippen LogP contribution >= 0.6 is 0 Å². The zero-order valence-corrected chi connectivity index (χ0v) is 31.9. The molecule has 0 aliphatic heterocycles. The smallest absolute Gasteiger partial charge is 0.308 e. The molecule has 0 saturated carbocycles.